The standard InChI is InChI=1S/C9H11F3N2O.2ClH/c10-9(11,12)15-7-3-1-2-6(4-7)8(14)5-13;;/h1-4,8H,5,13-14H2;2*1H/t8-;;/m0../s1. The van der Waals surface area contributed by atoms with Crippen molar-refractivity contribution in [2.45, 2.75) is 12.4 Å². The van der Waals surface area contributed by atoms with E-state index in [-0.39, 0.29) is 37.1 Å². The molecule has 4 N–H and O–H groups in total. The Bertz CT molecular complexity index is 336. The third-order valence-electron chi connectivity index (χ3n) is 1.77. The molecule has 0 bridgehead atoms. The highest BCUT2D eigenvalue weighted by molar-refractivity contribution is 5.85. The van der Waals surface area contributed by atoms with Crippen molar-refractivity contribution in [3.05, 3.63) is 29.8 Å². The Labute approximate surface area is 109 Å². The summed E-state index contributed by atoms with van der Waals surface area (Å²) in [5, 5.41) is 0. The van der Waals surface area contributed by atoms with Crippen molar-refractivity contribution < 1.29 is 17.9 Å². The van der Waals surface area contributed by atoms with E-state index in [1.165, 1.54) is 18.2 Å². The first-order valence-electron chi connectivity index (χ1n) is 4.24. The molecule has 0 spiro atoms. The predicted molar refractivity (Wildman–Crippen MR) is 63.6 cm³/mol. The highest BCUT2D eigenvalue weighted by Crippen LogP contribution is 2.24. The summed E-state index contributed by atoms with van der Waals surface area (Å²) >= 11 is 0. The quantitative estimate of drug-likeness (QED) is 0.899. The topological polar surface area (TPSA) is 61.3 Å². The van der Waals surface area contributed by atoms with Crippen LogP contribution in [0.1, 0.15) is 11.6 Å². The molecule has 0 saturated carbocycles. The number of alkyl halides is 3. The van der Waals surface area contributed by atoms with Crippen LogP contribution in [0.5, 0.6) is 5.75 Å². The number of ether oxygens (including phenoxy) is 1. The van der Waals surface area contributed by atoms with Crippen molar-refractivity contribution in [2.75, 3.05) is 6.54 Å². The molecule has 0 aliphatic carbocycles. The van der Waals surface area contributed by atoms with Crippen LogP contribution < -0.4 is 16.2 Å². The molecule has 1 aromatic rings. The average Bonchev–Trinajstić information content (AvgIpc) is 2.14. The first kappa shape index (κ1) is 18.7. The molecule has 0 unspecified atom stereocenters. The largest absolute Gasteiger partial charge is 0.573 e. The van der Waals surface area contributed by atoms with Crippen molar-refractivity contribution in [3.8, 4) is 5.75 Å². The van der Waals surface area contributed by atoms with Gasteiger partial charge in [-0.05, 0) is 17.7 Å². The second-order valence-electron chi connectivity index (χ2n) is 2.96. The van der Waals surface area contributed by atoms with Crippen LogP contribution in [-0.2, 0) is 0 Å². The molecule has 1 aromatic carbocycles. The molecule has 0 fully saturated rings. The minimum absolute atomic E-state index is 0. The lowest BCUT2D eigenvalue weighted by Gasteiger charge is -2.12. The lowest BCUT2D eigenvalue weighted by molar-refractivity contribution is -0.274. The van der Waals surface area contributed by atoms with E-state index >= 15 is 0 Å². The molecule has 0 heterocycles. The second-order valence-corrected chi connectivity index (χ2v) is 2.96. The Hall–Kier alpha value is -0.690. The van der Waals surface area contributed by atoms with Gasteiger partial charge in [-0.15, -0.1) is 38.0 Å². The molecule has 3 nitrogen and oxygen atoms in total. The van der Waals surface area contributed by atoms with Crippen LogP contribution in [0, 0.1) is 0 Å². The van der Waals surface area contributed by atoms with Crippen molar-refractivity contribution in [2.24, 2.45) is 11.5 Å². The van der Waals surface area contributed by atoms with Crippen LogP contribution >= 0.6 is 24.8 Å². The summed E-state index contributed by atoms with van der Waals surface area (Å²) < 4.78 is 39.4. The Morgan fingerprint density at radius 2 is 1.82 bits per heavy atom. The fraction of sp³-hybridized carbons (Fsp3) is 0.333. The number of benzene rings is 1. The highest BCUT2D eigenvalue weighted by atomic mass is 35.5. The minimum Gasteiger partial charge on any atom is -0.406 e. The third-order valence-corrected chi connectivity index (χ3v) is 1.77. The summed E-state index contributed by atoms with van der Waals surface area (Å²) in [5.74, 6) is -0.288. The van der Waals surface area contributed by atoms with E-state index in [9.17, 15) is 13.2 Å². The average molecular weight is 293 g/mol. The van der Waals surface area contributed by atoms with Crippen LogP contribution in [0.4, 0.5) is 13.2 Å². The molecule has 0 amide bonds. The molecule has 0 aromatic heterocycles. The Morgan fingerprint density at radius 1 is 1.24 bits per heavy atom. The Kier molecular flexibility index (Phi) is 8.35. The molecule has 17 heavy (non-hydrogen) atoms. The van der Waals surface area contributed by atoms with Crippen LogP contribution in [0.25, 0.3) is 0 Å². The van der Waals surface area contributed by atoms with Gasteiger partial charge >= 0.3 is 6.36 Å². The molecule has 0 radical (unpaired) electrons. The van der Waals surface area contributed by atoms with Gasteiger partial charge in [-0.1, -0.05) is 12.1 Å². The van der Waals surface area contributed by atoms with Crippen molar-refractivity contribution in [1.82, 2.24) is 0 Å². The molecular weight excluding hydrogens is 280 g/mol. The van der Waals surface area contributed by atoms with E-state index in [4.69, 9.17) is 11.5 Å². The van der Waals surface area contributed by atoms with Gasteiger partial charge in [-0.25, -0.2) is 0 Å². The van der Waals surface area contributed by atoms with Gasteiger partial charge in [0.2, 0.25) is 0 Å². The second kappa shape index (κ2) is 7.60. The lowest BCUT2D eigenvalue weighted by atomic mass is 10.1. The van der Waals surface area contributed by atoms with Crippen LogP contribution in [0.2, 0.25) is 0 Å². The molecule has 0 aliphatic heterocycles. The number of hydrogen-bond donors (Lipinski definition) is 2. The number of nitrogens with two attached hydrogens (primary N) is 2. The van der Waals surface area contributed by atoms with E-state index in [0.717, 1.165) is 0 Å². The number of rotatable bonds is 3. The van der Waals surface area contributed by atoms with Gasteiger partial charge in [0.05, 0.1) is 0 Å². The summed E-state index contributed by atoms with van der Waals surface area (Å²) in [7, 11) is 0. The van der Waals surface area contributed by atoms with Crippen LogP contribution in [0.3, 0.4) is 0 Å². The van der Waals surface area contributed by atoms with Gasteiger partial charge in [0.1, 0.15) is 5.75 Å². The molecule has 100 valence electrons. The van der Waals surface area contributed by atoms with E-state index in [1.807, 2.05) is 0 Å². The summed E-state index contributed by atoms with van der Waals surface area (Å²) in [6, 6.07) is 4.99. The van der Waals surface area contributed by atoms with Gasteiger partial charge in [-0.2, -0.15) is 0 Å². The van der Waals surface area contributed by atoms with Crippen LogP contribution in [0.15, 0.2) is 24.3 Å². The fourth-order valence-corrected chi connectivity index (χ4v) is 1.08. The van der Waals surface area contributed by atoms with Gasteiger partial charge in [0.25, 0.3) is 0 Å². The van der Waals surface area contributed by atoms with E-state index in [2.05, 4.69) is 4.74 Å². The van der Waals surface area contributed by atoms with E-state index < -0.39 is 12.4 Å². The minimum atomic E-state index is -4.69. The zero-order valence-corrected chi connectivity index (χ0v) is 10.2. The van der Waals surface area contributed by atoms with Gasteiger partial charge < -0.3 is 16.2 Å². The number of hydrogen-bond acceptors (Lipinski definition) is 3. The summed E-state index contributed by atoms with van der Waals surface area (Å²) in [4.78, 5) is 0. The molecule has 8 heteroatoms. The molecular formula is C9H13Cl2F3N2O. The zero-order chi connectivity index (χ0) is 11.5. The van der Waals surface area contributed by atoms with Crippen LogP contribution in [-0.4, -0.2) is 12.9 Å². The summed E-state index contributed by atoms with van der Waals surface area (Å²) in [5.41, 5.74) is 11.4. The van der Waals surface area contributed by atoms with E-state index in [0.29, 0.717) is 5.56 Å². The first-order valence-corrected chi connectivity index (χ1v) is 4.24. The molecule has 1 rings (SSSR count). The Balaban J connectivity index is 0. The number of halogens is 5. The van der Waals surface area contributed by atoms with E-state index in [1.54, 1.807) is 6.07 Å². The zero-order valence-electron chi connectivity index (χ0n) is 8.61. The fourth-order valence-electron chi connectivity index (χ4n) is 1.08. The Morgan fingerprint density at radius 3 is 2.29 bits per heavy atom. The maximum Gasteiger partial charge on any atom is 0.573 e. The smallest absolute Gasteiger partial charge is 0.406 e. The maximum absolute atomic E-state index is 11.9. The van der Waals surface area contributed by atoms with Gasteiger partial charge in [-0.3, -0.25) is 0 Å². The normalized spacial score (nSPS) is 12.1. The molecule has 0 aliphatic rings. The van der Waals surface area contributed by atoms with Crippen molar-refractivity contribution in [1.29, 1.82) is 0 Å². The predicted octanol–water partition coefficient (Wildman–Crippen LogP) is 2.39. The van der Waals surface area contributed by atoms with Gasteiger partial charge in [0, 0.05) is 12.6 Å². The lowest BCUT2D eigenvalue weighted by Crippen LogP contribution is -2.21. The molecule has 0 saturated heterocycles. The SMILES string of the molecule is Cl.Cl.NC[C@H](N)c1cccc(OC(F)(F)F)c1. The highest BCUT2D eigenvalue weighted by Gasteiger charge is 2.31. The molecule has 1 atom stereocenters. The third kappa shape index (κ3) is 6.58. The van der Waals surface area contributed by atoms with Crippen molar-refractivity contribution >= 4 is 24.8 Å². The maximum atomic E-state index is 11.9. The monoisotopic (exact) mass is 292 g/mol. The summed E-state index contributed by atoms with van der Waals surface area (Å²) in [6.07, 6.45) is -4.69. The first-order chi connectivity index (χ1) is 6.92. The van der Waals surface area contributed by atoms with Crippen molar-refractivity contribution in [3.63, 3.8) is 0 Å². The summed E-state index contributed by atoms with van der Waals surface area (Å²) in [6.45, 7) is 0.162. The van der Waals surface area contributed by atoms with Gasteiger partial charge in [0.15, 0.2) is 0 Å².